The zero-order valence-electron chi connectivity index (χ0n) is 20.7. The van der Waals surface area contributed by atoms with Gasteiger partial charge < -0.3 is 14.6 Å². The fourth-order valence-corrected chi connectivity index (χ4v) is 5.27. The normalized spacial score (nSPS) is 18.7. The number of nitrogens with zero attached hydrogens (tertiary/aromatic N) is 3. The first-order valence-corrected chi connectivity index (χ1v) is 11.7. The van der Waals surface area contributed by atoms with Crippen molar-refractivity contribution < 1.29 is 21.7 Å². The third kappa shape index (κ3) is 4.41. The quantitative estimate of drug-likeness (QED) is 0.541. The number of methoxy groups -OCH3 is 1. The SMILES string of the molecule is [2H]C([2H])([2H])O[C@@H]1CCN(S(=O)(=O)Nc2ccc(F)c(Nc3ccc4ncn(C)c(=O)c4c3C)c2Cl)C1. The number of halogens is 2. The van der Waals surface area contributed by atoms with Crippen LogP contribution in [0.15, 0.2) is 35.4 Å². The molecule has 1 aliphatic rings. The summed E-state index contributed by atoms with van der Waals surface area (Å²) in [5, 5.41) is 2.98. The Morgan fingerprint density at radius 3 is 2.82 bits per heavy atom. The van der Waals surface area contributed by atoms with Crippen molar-refractivity contribution in [3.63, 3.8) is 0 Å². The highest BCUT2D eigenvalue weighted by Gasteiger charge is 2.32. The third-order valence-electron chi connectivity index (χ3n) is 5.55. The van der Waals surface area contributed by atoms with Crippen LogP contribution in [0.2, 0.25) is 5.02 Å². The van der Waals surface area contributed by atoms with Gasteiger partial charge in [-0.25, -0.2) is 9.37 Å². The molecule has 0 bridgehead atoms. The number of hydrogen-bond donors (Lipinski definition) is 2. The summed E-state index contributed by atoms with van der Waals surface area (Å²) in [4.78, 5) is 16.8. The van der Waals surface area contributed by atoms with E-state index in [1.165, 1.54) is 17.0 Å². The van der Waals surface area contributed by atoms with Crippen LogP contribution >= 0.6 is 11.6 Å². The molecule has 1 aliphatic heterocycles. The highest BCUT2D eigenvalue weighted by Crippen LogP contribution is 2.37. The molecule has 4 rings (SSSR count). The molecule has 0 radical (unpaired) electrons. The van der Waals surface area contributed by atoms with Gasteiger partial charge in [0.25, 0.3) is 5.56 Å². The van der Waals surface area contributed by atoms with Gasteiger partial charge in [0.05, 0.1) is 43.8 Å². The second kappa shape index (κ2) is 8.90. The molecule has 1 saturated heterocycles. The number of ether oxygens (including phenoxy) is 1. The van der Waals surface area contributed by atoms with E-state index >= 15 is 0 Å². The number of benzene rings is 2. The molecule has 33 heavy (non-hydrogen) atoms. The number of aryl methyl sites for hydroxylation is 2. The lowest BCUT2D eigenvalue weighted by molar-refractivity contribution is 0.115. The number of rotatable bonds is 6. The molecule has 0 aliphatic carbocycles. The van der Waals surface area contributed by atoms with Crippen LogP contribution in [0, 0.1) is 12.7 Å². The maximum Gasteiger partial charge on any atom is 0.301 e. The van der Waals surface area contributed by atoms with Gasteiger partial charge in [-0.2, -0.15) is 12.7 Å². The van der Waals surface area contributed by atoms with Crippen molar-refractivity contribution in [2.45, 2.75) is 19.4 Å². The molecule has 0 spiro atoms. The first kappa shape index (κ1) is 19.7. The minimum Gasteiger partial charge on any atom is -0.380 e. The monoisotopic (exact) mass is 498 g/mol. The summed E-state index contributed by atoms with van der Waals surface area (Å²) in [5.41, 5.74) is 0.820. The first-order chi connectivity index (χ1) is 16.8. The molecule has 0 amide bonds. The highest BCUT2D eigenvalue weighted by atomic mass is 35.5. The number of fused-ring (bicyclic) bond motifs is 1. The second-order valence-corrected chi connectivity index (χ2v) is 9.74. The van der Waals surface area contributed by atoms with Crippen molar-refractivity contribution in [3.05, 3.63) is 57.3 Å². The molecule has 1 fully saturated rings. The zero-order valence-corrected chi connectivity index (χ0v) is 19.3. The maximum atomic E-state index is 14.8. The average molecular weight is 499 g/mol. The van der Waals surface area contributed by atoms with E-state index in [2.05, 4.69) is 15.0 Å². The molecule has 1 aromatic heterocycles. The van der Waals surface area contributed by atoms with Crippen LogP contribution in [0.25, 0.3) is 10.9 Å². The average Bonchev–Trinajstić information content (AvgIpc) is 3.25. The van der Waals surface area contributed by atoms with E-state index in [-0.39, 0.29) is 41.5 Å². The van der Waals surface area contributed by atoms with Gasteiger partial charge >= 0.3 is 10.2 Å². The summed E-state index contributed by atoms with van der Waals surface area (Å²) in [5.74, 6) is -0.742. The minimum atomic E-state index is -4.14. The van der Waals surface area contributed by atoms with Gasteiger partial charge in [-0.1, -0.05) is 11.6 Å². The summed E-state index contributed by atoms with van der Waals surface area (Å²) < 4.78 is 71.7. The zero-order chi connectivity index (χ0) is 26.4. The Kier molecular flexibility index (Phi) is 5.32. The fourth-order valence-electron chi connectivity index (χ4n) is 3.68. The molecule has 2 aromatic carbocycles. The van der Waals surface area contributed by atoms with E-state index in [1.54, 1.807) is 26.1 Å². The Bertz CT molecular complexity index is 1500. The molecule has 12 heteroatoms. The van der Waals surface area contributed by atoms with Gasteiger partial charge in [-0.15, -0.1) is 0 Å². The number of nitrogens with one attached hydrogen (secondary N) is 2. The van der Waals surface area contributed by atoms with Crippen molar-refractivity contribution in [3.8, 4) is 0 Å². The standard InChI is InChI=1S/C21H23ClFN5O4S/c1-12-15(6-7-16-18(12)21(29)27(2)11-24-16)25-20-14(23)4-5-17(19(20)22)26-33(30,31)28-9-8-13(10-28)32-3/h4-7,11,13,25-26H,8-10H2,1-3H3/t13-/m1/s1/i3D3. The summed E-state index contributed by atoms with van der Waals surface area (Å²) in [6.45, 7) is 1.56. The Labute approximate surface area is 199 Å². The molecular formula is C21H23ClFN5O4S. The van der Waals surface area contributed by atoms with Gasteiger partial charge in [0.2, 0.25) is 0 Å². The molecule has 0 unspecified atom stereocenters. The minimum absolute atomic E-state index is 0.0410. The predicted molar refractivity (Wildman–Crippen MR) is 126 cm³/mol. The van der Waals surface area contributed by atoms with Gasteiger partial charge in [-0.05, 0) is 43.2 Å². The van der Waals surface area contributed by atoms with Crippen LogP contribution in [0.3, 0.4) is 0 Å². The van der Waals surface area contributed by atoms with Crippen molar-refractivity contribution in [1.82, 2.24) is 13.9 Å². The molecule has 176 valence electrons. The fraction of sp³-hybridized carbons (Fsp3) is 0.333. The Hall–Kier alpha value is -2.73. The lowest BCUT2D eigenvalue weighted by Gasteiger charge is -2.20. The van der Waals surface area contributed by atoms with E-state index in [1.807, 2.05) is 0 Å². The van der Waals surface area contributed by atoms with Crippen molar-refractivity contribution in [1.29, 1.82) is 0 Å². The lowest BCUT2D eigenvalue weighted by atomic mass is 10.1. The first-order valence-electron chi connectivity index (χ1n) is 11.4. The largest absolute Gasteiger partial charge is 0.380 e. The van der Waals surface area contributed by atoms with Crippen LogP contribution in [-0.4, -0.2) is 48.5 Å². The summed E-state index contributed by atoms with van der Waals surface area (Å²) in [6, 6.07) is 5.45. The Balaban J connectivity index is 1.61. The third-order valence-corrected chi connectivity index (χ3v) is 7.43. The molecule has 0 saturated carbocycles. The topological polar surface area (TPSA) is 106 Å². The number of aromatic nitrogens is 2. The smallest absolute Gasteiger partial charge is 0.301 e. The number of anilines is 3. The summed E-state index contributed by atoms with van der Waals surface area (Å²) in [7, 11) is -5.21. The van der Waals surface area contributed by atoms with Crippen LogP contribution in [0.1, 0.15) is 16.1 Å². The van der Waals surface area contributed by atoms with Crippen molar-refractivity contribution in [2.24, 2.45) is 7.05 Å². The molecule has 1 atom stereocenters. The van der Waals surface area contributed by atoms with E-state index in [9.17, 15) is 17.6 Å². The van der Waals surface area contributed by atoms with E-state index < -0.39 is 29.2 Å². The van der Waals surface area contributed by atoms with Crippen molar-refractivity contribution >= 4 is 49.8 Å². The van der Waals surface area contributed by atoms with Crippen molar-refractivity contribution in [2.75, 3.05) is 30.2 Å². The summed E-state index contributed by atoms with van der Waals surface area (Å²) in [6.07, 6.45) is 0.827. The van der Waals surface area contributed by atoms with Gasteiger partial charge in [0.1, 0.15) is 5.82 Å². The highest BCUT2D eigenvalue weighted by molar-refractivity contribution is 7.90. The van der Waals surface area contributed by atoms with E-state index in [0.717, 1.165) is 10.4 Å². The molecule has 2 N–H and O–H groups in total. The molecular weight excluding hydrogens is 473 g/mol. The number of hydrogen-bond acceptors (Lipinski definition) is 6. The van der Waals surface area contributed by atoms with Gasteiger partial charge in [0, 0.05) is 32.9 Å². The summed E-state index contributed by atoms with van der Waals surface area (Å²) >= 11 is 6.39. The molecule has 9 nitrogen and oxygen atoms in total. The van der Waals surface area contributed by atoms with E-state index in [4.69, 9.17) is 20.5 Å². The lowest BCUT2D eigenvalue weighted by Crippen LogP contribution is -2.35. The Morgan fingerprint density at radius 2 is 2.06 bits per heavy atom. The predicted octanol–water partition coefficient (Wildman–Crippen LogP) is 3.16. The van der Waals surface area contributed by atoms with Gasteiger partial charge in [-0.3, -0.25) is 9.52 Å². The molecule has 3 aromatic rings. The molecule has 2 heterocycles. The van der Waals surface area contributed by atoms with Gasteiger partial charge in [0.15, 0.2) is 0 Å². The van der Waals surface area contributed by atoms with Crippen LogP contribution in [0.4, 0.5) is 21.5 Å². The second-order valence-electron chi connectivity index (χ2n) is 7.70. The van der Waals surface area contributed by atoms with Crippen LogP contribution in [-0.2, 0) is 22.0 Å². The van der Waals surface area contributed by atoms with E-state index in [0.29, 0.717) is 22.2 Å². The van der Waals surface area contributed by atoms with Crippen LogP contribution < -0.4 is 15.6 Å². The van der Waals surface area contributed by atoms with Crippen LogP contribution in [0.5, 0.6) is 0 Å². The maximum absolute atomic E-state index is 14.8. The Morgan fingerprint density at radius 1 is 1.30 bits per heavy atom.